The van der Waals surface area contributed by atoms with Crippen molar-refractivity contribution >= 4 is 17.6 Å². The highest BCUT2D eigenvalue weighted by Gasteiger charge is 2.42. The maximum absolute atomic E-state index is 11.6. The van der Waals surface area contributed by atoms with Crippen LogP contribution in [0.2, 0.25) is 0 Å². The number of amides is 1. The Morgan fingerprint density at radius 3 is 2.87 bits per heavy atom. The van der Waals surface area contributed by atoms with E-state index in [-0.39, 0.29) is 18.1 Å². The zero-order valence-electron chi connectivity index (χ0n) is 17.4. The number of hydrogen-bond donors (Lipinski definition) is 1. The predicted molar refractivity (Wildman–Crippen MR) is 112 cm³/mol. The first-order valence-corrected chi connectivity index (χ1v) is 10.3. The van der Waals surface area contributed by atoms with Crippen molar-refractivity contribution in [3.05, 3.63) is 36.8 Å². The first kappa shape index (κ1) is 19.6. The van der Waals surface area contributed by atoms with Crippen LogP contribution in [0.1, 0.15) is 6.92 Å². The van der Waals surface area contributed by atoms with E-state index in [2.05, 4.69) is 15.0 Å². The molecule has 3 aromatic heterocycles. The van der Waals surface area contributed by atoms with E-state index in [1.807, 2.05) is 31.3 Å². The monoisotopic (exact) mass is 424 g/mol. The molecule has 10 nitrogen and oxygen atoms in total. The fraction of sp³-hybridized carbons (Fsp3) is 0.429. The summed E-state index contributed by atoms with van der Waals surface area (Å²) in [5.41, 5.74) is 2.34. The number of carboxylic acid groups (broad SMARTS) is 1. The maximum atomic E-state index is 11.6. The van der Waals surface area contributed by atoms with Gasteiger partial charge in [-0.1, -0.05) is 0 Å². The van der Waals surface area contributed by atoms with E-state index in [0.717, 1.165) is 16.9 Å². The largest absolute Gasteiger partial charge is 0.481 e. The summed E-state index contributed by atoms with van der Waals surface area (Å²) in [5.74, 6) is 1.56. The minimum atomic E-state index is -0.886. The highest BCUT2D eigenvalue weighted by Crippen LogP contribution is 2.34. The van der Waals surface area contributed by atoms with Gasteiger partial charge < -0.3 is 24.4 Å². The third-order valence-electron chi connectivity index (χ3n) is 6.24. The van der Waals surface area contributed by atoms with Gasteiger partial charge in [0.1, 0.15) is 5.82 Å². The summed E-state index contributed by atoms with van der Waals surface area (Å²) in [6.45, 7) is 4.10. The summed E-state index contributed by atoms with van der Waals surface area (Å²) in [4.78, 5) is 24.5. The quantitative estimate of drug-likeness (QED) is 0.678. The topological polar surface area (TPSA) is 105 Å². The number of carbonyl (C=O) groups is 1. The number of methoxy groups -OCH3 is 1. The lowest BCUT2D eigenvalue weighted by Crippen LogP contribution is -2.62. The molecule has 0 spiro atoms. The number of rotatable bonds is 4. The summed E-state index contributed by atoms with van der Waals surface area (Å²) in [6, 6.07) is 5.71. The molecule has 3 aromatic rings. The van der Waals surface area contributed by atoms with E-state index in [1.54, 1.807) is 24.0 Å². The number of hydrogen-bond acceptors (Lipinski definition) is 7. The lowest BCUT2D eigenvalue weighted by atomic mass is 9.88. The van der Waals surface area contributed by atoms with Gasteiger partial charge in [-0.05, 0) is 25.1 Å². The number of nitrogens with zero attached hydrogens (tertiary/aromatic N) is 6. The number of anilines is 1. The van der Waals surface area contributed by atoms with Gasteiger partial charge in [-0.3, -0.25) is 0 Å². The fourth-order valence-corrected chi connectivity index (χ4v) is 4.43. The summed E-state index contributed by atoms with van der Waals surface area (Å²) in [5, 5.41) is 13.9. The molecule has 2 aliphatic rings. The minimum absolute atomic E-state index is 0.00264. The summed E-state index contributed by atoms with van der Waals surface area (Å²) < 4.78 is 12.7. The predicted octanol–water partition coefficient (Wildman–Crippen LogP) is 2.00. The summed E-state index contributed by atoms with van der Waals surface area (Å²) in [7, 11) is 1.59. The minimum Gasteiger partial charge on any atom is -0.481 e. The van der Waals surface area contributed by atoms with Crippen molar-refractivity contribution in [1.29, 1.82) is 0 Å². The normalized spacial score (nSPS) is 23.6. The van der Waals surface area contributed by atoms with Gasteiger partial charge in [0.2, 0.25) is 5.88 Å². The molecule has 2 aliphatic heterocycles. The Bertz CT molecular complexity index is 1120. The molecule has 0 saturated carbocycles. The summed E-state index contributed by atoms with van der Waals surface area (Å²) >= 11 is 0. The van der Waals surface area contributed by atoms with Gasteiger partial charge in [0.05, 0.1) is 37.6 Å². The van der Waals surface area contributed by atoms with Gasteiger partial charge in [0.25, 0.3) is 0 Å². The van der Waals surface area contributed by atoms with Gasteiger partial charge in [-0.15, -0.1) is 0 Å². The highest BCUT2D eigenvalue weighted by molar-refractivity contribution is 5.80. The molecule has 5 rings (SSSR count). The average molecular weight is 424 g/mol. The van der Waals surface area contributed by atoms with Crippen LogP contribution in [-0.2, 0) is 4.74 Å². The zero-order valence-corrected chi connectivity index (χ0v) is 17.4. The second kappa shape index (κ2) is 7.69. The van der Waals surface area contributed by atoms with Crippen LogP contribution in [0.4, 0.5) is 10.6 Å². The van der Waals surface area contributed by atoms with E-state index in [1.165, 1.54) is 4.90 Å². The van der Waals surface area contributed by atoms with Gasteiger partial charge >= 0.3 is 6.09 Å². The Hall–Kier alpha value is -3.40. The molecule has 0 aliphatic carbocycles. The molecular formula is C21H24N6O4. The van der Waals surface area contributed by atoms with Crippen LogP contribution in [-0.4, -0.2) is 81.2 Å². The third-order valence-corrected chi connectivity index (χ3v) is 6.24. The number of piperazine rings is 1. The lowest BCUT2D eigenvalue weighted by molar-refractivity contribution is -0.117. The third kappa shape index (κ3) is 3.32. The van der Waals surface area contributed by atoms with Gasteiger partial charge in [-0.25, -0.2) is 19.3 Å². The molecule has 0 bridgehead atoms. The van der Waals surface area contributed by atoms with Crippen LogP contribution in [0.25, 0.3) is 16.8 Å². The zero-order chi connectivity index (χ0) is 21.5. The first-order chi connectivity index (χ1) is 15.1. The van der Waals surface area contributed by atoms with Gasteiger partial charge in [0, 0.05) is 43.5 Å². The second-order valence-corrected chi connectivity index (χ2v) is 7.86. The Morgan fingerprint density at radius 2 is 2.16 bits per heavy atom. The van der Waals surface area contributed by atoms with Crippen molar-refractivity contribution in [3.8, 4) is 17.0 Å². The lowest BCUT2D eigenvalue weighted by Gasteiger charge is -2.49. The van der Waals surface area contributed by atoms with Crippen LogP contribution in [0.15, 0.2) is 36.8 Å². The molecule has 2 saturated heterocycles. The number of ether oxygens (including phenoxy) is 2. The molecule has 2 fully saturated rings. The first-order valence-electron chi connectivity index (χ1n) is 10.3. The maximum Gasteiger partial charge on any atom is 0.407 e. The van der Waals surface area contributed by atoms with Crippen molar-refractivity contribution in [2.75, 3.05) is 38.3 Å². The molecule has 162 valence electrons. The standard InChI is InChI=1S/C21H24N6O4/c1-13-16(12-31-13)17-11-25(21(28)29)8-9-26(17)18-5-7-27-19(24-18)15(10-23-27)14-4-3-6-22-20(14)30-2/h3-7,10,13,16-17H,8-9,11-12H2,1-2H3,(H,28,29). The Kier molecular flexibility index (Phi) is 4.85. The van der Waals surface area contributed by atoms with Crippen molar-refractivity contribution in [2.24, 2.45) is 5.92 Å². The van der Waals surface area contributed by atoms with Crippen LogP contribution in [0.3, 0.4) is 0 Å². The van der Waals surface area contributed by atoms with Gasteiger partial charge in [0.15, 0.2) is 5.65 Å². The summed E-state index contributed by atoms with van der Waals surface area (Å²) in [6.07, 6.45) is 4.53. The molecular weight excluding hydrogens is 400 g/mol. The Morgan fingerprint density at radius 1 is 1.29 bits per heavy atom. The Balaban J connectivity index is 1.54. The average Bonchev–Trinajstić information content (AvgIpc) is 3.21. The number of fused-ring (bicyclic) bond motifs is 1. The number of pyridine rings is 1. The molecule has 1 N–H and O–H groups in total. The molecule has 3 atom stereocenters. The van der Waals surface area contributed by atoms with Crippen molar-refractivity contribution in [1.82, 2.24) is 24.5 Å². The van der Waals surface area contributed by atoms with E-state index >= 15 is 0 Å². The molecule has 3 unspecified atom stereocenters. The van der Waals surface area contributed by atoms with Crippen molar-refractivity contribution in [3.63, 3.8) is 0 Å². The van der Waals surface area contributed by atoms with Crippen LogP contribution < -0.4 is 9.64 Å². The number of aromatic nitrogens is 4. The van der Waals surface area contributed by atoms with E-state index in [4.69, 9.17) is 14.5 Å². The molecule has 5 heterocycles. The highest BCUT2D eigenvalue weighted by atomic mass is 16.5. The SMILES string of the molecule is COc1ncccc1-c1cnn2ccc(N3CCN(C(=O)O)CC3C3COC3C)nc12. The smallest absolute Gasteiger partial charge is 0.407 e. The molecule has 0 aromatic carbocycles. The van der Waals surface area contributed by atoms with Crippen LogP contribution in [0, 0.1) is 5.92 Å². The van der Waals surface area contributed by atoms with E-state index in [0.29, 0.717) is 37.8 Å². The Labute approximate surface area is 179 Å². The fourth-order valence-electron chi connectivity index (χ4n) is 4.43. The van der Waals surface area contributed by atoms with Crippen LogP contribution in [0.5, 0.6) is 5.88 Å². The van der Waals surface area contributed by atoms with Crippen molar-refractivity contribution < 1.29 is 19.4 Å². The van der Waals surface area contributed by atoms with Crippen LogP contribution >= 0.6 is 0 Å². The van der Waals surface area contributed by atoms with E-state index in [9.17, 15) is 9.90 Å². The molecule has 1 amide bonds. The van der Waals surface area contributed by atoms with E-state index < -0.39 is 6.09 Å². The van der Waals surface area contributed by atoms with Gasteiger partial charge in [-0.2, -0.15) is 5.10 Å². The molecule has 0 radical (unpaired) electrons. The molecule has 31 heavy (non-hydrogen) atoms. The van der Waals surface area contributed by atoms with Crippen molar-refractivity contribution in [2.45, 2.75) is 19.1 Å². The second-order valence-electron chi connectivity index (χ2n) is 7.86. The molecule has 10 heteroatoms.